The Morgan fingerprint density at radius 2 is 1.87 bits per heavy atom. The molecule has 0 unspecified atom stereocenters. The molecular weight excluding hydrogens is 462 g/mol. The fourth-order valence-corrected chi connectivity index (χ4v) is 4.27. The first-order valence-corrected chi connectivity index (χ1v) is 12.1. The molecule has 1 heterocycles. The van der Waals surface area contributed by atoms with Crippen molar-refractivity contribution < 1.29 is 22.8 Å². The van der Waals surface area contributed by atoms with Gasteiger partial charge >= 0.3 is 0 Å². The van der Waals surface area contributed by atoms with Gasteiger partial charge in [-0.3, -0.25) is 24.0 Å². The first-order chi connectivity index (χ1) is 14.6. The monoisotopic (exact) mass is 479 g/mol. The molecule has 1 fully saturated rings. The number of anilines is 1. The zero-order chi connectivity index (χ0) is 22.6. The van der Waals surface area contributed by atoms with E-state index in [4.69, 9.17) is 11.6 Å². The summed E-state index contributed by atoms with van der Waals surface area (Å²) in [4.78, 5) is 38.4. The second-order valence-corrected chi connectivity index (χ2v) is 9.77. The van der Waals surface area contributed by atoms with Crippen molar-refractivity contribution >= 4 is 62.2 Å². The number of rotatable bonds is 7. The van der Waals surface area contributed by atoms with Crippen LogP contribution in [0.3, 0.4) is 0 Å². The Balaban J connectivity index is 1.58. The van der Waals surface area contributed by atoms with Gasteiger partial charge in [-0.25, -0.2) is 8.42 Å². The van der Waals surface area contributed by atoms with Crippen molar-refractivity contribution in [1.29, 1.82) is 0 Å². The Morgan fingerprint density at radius 3 is 2.55 bits per heavy atom. The van der Waals surface area contributed by atoms with Crippen LogP contribution in [-0.2, 0) is 14.8 Å². The zero-order valence-electron chi connectivity index (χ0n) is 16.3. The van der Waals surface area contributed by atoms with Gasteiger partial charge in [-0.1, -0.05) is 29.8 Å². The molecular formula is C20H18ClN3O5S2. The number of benzene rings is 2. The van der Waals surface area contributed by atoms with E-state index in [1.165, 1.54) is 18.2 Å². The lowest BCUT2D eigenvalue weighted by molar-refractivity contribution is -0.122. The summed E-state index contributed by atoms with van der Waals surface area (Å²) >= 11 is 6.68. The molecule has 2 N–H and O–H groups in total. The third-order valence-corrected chi connectivity index (χ3v) is 5.86. The van der Waals surface area contributed by atoms with E-state index >= 15 is 0 Å². The fourth-order valence-electron chi connectivity index (χ4n) is 2.72. The summed E-state index contributed by atoms with van der Waals surface area (Å²) < 4.78 is 24.9. The van der Waals surface area contributed by atoms with Crippen LogP contribution in [0.1, 0.15) is 15.9 Å². The highest BCUT2D eigenvalue weighted by Crippen LogP contribution is 2.32. The molecule has 1 saturated heterocycles. The molecule has 162 valence electrons. The summed E-state index contributed by atoms with van der Waals surface area (Å²) in [6.07, 6.45) is 2.62. The van der Waals surface area contributed by atoms with Gasteiger partial charge in [0.25, 0.3) is 17.1 Å². The first-order valence-electron chi connectivity index (χ1n) is 8.99. The Morgan fingerprint density at radius 1 is 1.16 bits per heavy atom. The number of hydrogen-bond donors (Lipinski definition) is 2. The molecule has 0 aliphatic carbocycles. The molecule has 0 aromatic heterocycles. The highest BCUT2D eigenvalue weighted by molar-refractivity contribution is 8.18. The summed E-state index contributed by atoms with van der Waals surface area (Å²) in [5.74, 6) is -0.889. The molecule has 8 nitrogen and oxygen atoms in total. The van der Waals surface area contributed by atoms with Crippen LogP contribution in [-0.4, -0.2) is 49.7 Å². The molecule has 1 aliphatic heterocycles. The maximum absolute atomic E-state index is 12.5. The van der Waals surface area contributed by atoms with Gasteiger partial charge < -0.3 is 5.32 Å². The highest BCUT2D eigenvalue weighted by Gasteiger charge is 2.34. The SMILES string of the molecule is CS(=O)(=O)Nc1cccc(C(=O)NCCN2C(=O)S/C(=C\c3ccc(Cl)cc3)C2=O)c1. The van der Waals surface area contributed by atoms with E-state index in [0.717, 1.165) is 28.5 Å². The number of hydrogen-bond acceptors (Lipinski definition) is 6. The van der Waals surface area contributed by atoms with Gasteiger partial charge in [0.1, 0.15) is 0 Å². The van der Waals surface area contributed by atoms with Gasteiger partial charge in [0.2, 0.25) is 10.0 Å². The van der Waals surface area contributed by atoms with Crippen LogP contribution in [0, 0.1) is 0 Å². The Labute approximate surface area is 188 Å². The molecule has 0 atom stereocenters. The average Bonchev–Trinajstić information content (AvgIpc) is 2.96. The van der Waals surface area contributed by atoms with Gasteiger partial charge in [0.05, 0.1) is 11.2 Å². The van der Waals surface area contributed by atoms with E-state index < -0.39 is 27.1 Å². The van der Waals surface area contributed by atoms with Crippen LogP contribution in [0.2, 0.25) is 5.02 Å². The number of amides is 3. The predicted octanol–water partition coefficient (Wildman–Crippen LogP) is 3.18. The Bertz CT molecular complexity index is 1160. The van der Waals surface area contributed by atoms with E-state index in [1.54, 1.807) is 36.4 Å². The van der Waals surface area contributed by atoms with Gasteiger partial charge in [0, 0.05) is 29.4 Å². The minimum Gasteiger partial charge on any atom is -0.350 e. The maximum atomic E-state index is 12.5. The highest BCUT2D eigenvalue weighted by atomic mass is 35.5. The molecule has 1 aliphatic rings. The lowest BCUT2D eigenvalue weighted by Crippen LogP contribution is -2.37. The van der Waals surface area contributed by atoms with Crippen LogP contribution in [0.25, 0.3) is 6.08 Å². The van der Waals surface area contributed by atoms with Gasteiger partial charge in [0.15, 0.2) is 0 Å². The first kappa shape index (κ1) is 22.9. The summed E-state index contributed by atoms with van der Waals surface area (Å²) in [5, 5.41) is 2.77. The smallest absolute Gasteiger partial charge is 0.293 e. The largest absolute Gasteiger partial charge is 0.350 e. The number of sulfonamides is 1. The summed E-state index contributed by atoms with van der Waals surface area (Å²) in [5.41, 5.74) is 1.24. The van der Waals surface area contributed by atoms with Crippen molar-refractivity contribution in [2.45, 2.75) is 0 Å². The number of carbonyl (C=O) groups is 3. The van der Waals surface area contributed by atoms with Crippen molar-refractivity contribution in [2.24, 2.45) is 0 Å². The topological polar surface area (TPSA) is 113 Å². The minimum atomic E-state index is -3.47. The van der Waals surface area contributed by atoms with Crippen molar-refractivity contribution in [3.63, 3.8) is 0 Å². The molecule has 0 spiro atoms. The second kappa shape index (κ2) is 9.54. The van der Waals surface area contributed by atoms with Crippen LogP contribution >= 0.6 is 23.4 Å². The van der Waals surface area contributed by atoms with E-state index in [-0.39, 0.29) is 29.2 Å². The molecule has 3 rings (SSSR count). The van der Waals surface area contributed by atoms with Crippen LogP contribution in [0.4, 0.5) is 10.5 Å². The predicted molar refractivity (Wildman–Crippen MR) is 121 cm³/mol. The van der Waals surface area contributed by atoms with Gasteiger partial charge in [-0.05, 0) is 53.7 Å². The zero-order valence-corrected chi connectivity index (χ0v) is 18.7. The molecule has 0 radical (unpaired) electrons. The van der Waals surface area contributed by atoms with E-state index in [2.05, 4.69) is 10.0 Å². The van der Waals surface area contributed by atoms with Crippen molar-refractivity contribution in [2.75, 3.05) is 24.1 Å². The van der Waals surface area contributed by atoms with Crippen molar-refractivity contribution in [3.05, 3.63) is 69.6 Å². The molecule has 2 aromatic carbocycles. The van der Waals surface area contributed by atoms with Crippen LogP contribution < -0.4 is 10.0 Å². The maximum Gasteiger partial charge on any atom is 0.293 e. The van der Waals surface area contributed by atoms with Gasteiger partial charge in [-0.15, -0.1) is 0 Å². The standard InChI is InChI=1S/C20H18ClN3O5S2/c1-31(28,29)23-16-4-2-3-14(12-16)18(25)22-9-10-24-19(26)17(30-20(24)27)11-13-5-7-15(21)8-6-13/h2-8,11-12,23H,9-10H2,1H3,(H,22,25)/b17-11-. The number of carbonyl (C=O) groups excluding carboxylic acids is 3. The molecule has 11 heteroatoms. The summed E-state index contributed by atoms with van der Waals surface area (Å²) in [6.45, 7) is 0.0600. The third-order valence-electron chi connectivity index (χ3n) is 4.09. The van der Waals surface area contributed by atoms with Crippen molar-refractivity contribution in [3.8, 4) is 0 Å². The minimum absolute atomic E-state index is 0.00957. The summed E-state index contributed by atoms with van der Waals surface area (Å²) in [6, 6.07) is 12.8. The van der Waals surface area contributed by atoms with E-state index in [1.807, 2.05) is 0 Å². The number of imide groups is 1. The van der Waals surface area contributed by atoms with E-state index in [0.29, 0.717) is 5.02 Å². The average molecular weight is 480 g/mol. The number of nitrogens with zero attached hydrogens (tertiary/aromatic N) is 1. The third kappa shape index (κ3) is 6.33. The molecule has 31 heavy (non-hydrogen) atoms. The number of halogens is 1. The number of nitrogens with one attached hydrogen (secondary N) is 2. The quantitative estimate of drug-likeness (QED) is 0.590. The Kier molecular flexibility index (Phi) is 7.04. The number of thioether (sulfide) groups is 1. The fraction of sp³-hybridized carbons (Fsp3) is 0.150. The Hall–Kier alpha value is -2.82. The molecule has 0 bridgehead atoms. The van der Waals surface area contributed by atoms with Gasteiger partial charge in [-0.2, -0.15) is 0 Å². The van der Waals surface area contributed by atoms with E-state index in [9.17, 15) is 22.8 Å². The second-order valence-electron chi connectivity index (χ2n) is 6.60. The molecule has 0 saturated carbocycles. The normalized spacial score (nSPS) is 15.4. The lowest BCUT2D eigenvalue weighted by Gasteiger charge is -2.13. The van der Waals surface area contributed by atoms with Crippen LogP contribution in [0.5, 0.6) is 0 Å². The van der Waals surface area contributed by atoms with Crippen LogP contribution in [0.15, 0.2) is 53.4 Å². The molecule has 2 aromatic rings. The lowest BCUT2D eigenvalue weighted by atomic mass is 10.2. The summed E-state index contributed by atoms with van der Waals surface area (Å²) in [7, 11) is -3.47. The van der Waals surface area contributed by atoms with Crippen molar-refractivity contribution in [1.82, 2.24) is 10.2 Å². The molecule has 3 amide bonds.